The van der Waals surface area contributed by atoms with E-state index in [4.69, 9.17) is 0 Å². The zero-order chi connectivity index (χ0) is 15.1. The monoisotopic (exact) mass is 281 g/mol. The predicted octanol–water partition coefficient (Wildman–Crippen LogP) is 2.68. The number of nitrogens with one attached hydrogen (secondary N) is 2. The predicted molar refractivity (Wildman–Crippen MR) is 83.3 cm³/mol. The fourth-order valence-electron chi connectivity index (χ4n) is 1.63. The molecule has 5 heteroatoms. The highest BCUT2D eigenvalue weighted by molar-refractivity contribution is 6.67. The highest BCUT2D eigenvalue weighted by Crippen LogP contribution is 2.07. The number of ketones is 1. The molecule has 2 N–H and O–H groups in total. The Balaban J connectivity index is 2.11. The van der Waals surface area contributed by atoms with Gasteiger partial charge in [0.25, 0.3) is 5.91 Å². The summed E-state index contributed by atoms with van der Waals surface area (Å²) in [6.07, 6.45) is 0. The fourth-order valence-corrected chi connectivity index (χ4v) is 1.63. The largest absolute Gasteiger partial charge is 0.320 e. The summed E-state index contributed by atoms with van der Waals surface area (Å²) in [5.74, 6) is -0.955. The summed E-state index contributed by atoms with van der Waals surface area (Å²) in [5, 5.41) is 6.52. The molecule has 21 heavy (non-hydrogen) atoms. The first kappa shape index (κ1) is 14.5. The molecule has 0 aliphatic rings. The number of Topliss-reactive ketones (excluding diaryl/α,β-unsaturated/α-hetero) is 1. The van der Waals surface area contributed by atoms with Crippen molar-refractivity contribution in [2.24, 2.45) is 5.10 Å². The molecule has 0 heterocycles. The van der Waals surface area contributed by atoms with Gasteiger partial charge in [0.15, 0.2) is 11.5 Å². The molecule has 106 valence electrons. The van der Waals surface area contributed by atoms with Crippen LogP contribution in [0.25, 0.3) is 0 Å². The summed E-state index contributed by atoms with van der Waals surface area (Å²) in [6.45, 7) is 1.30. The molecule has 0 spiro atoms. The maximum Gasteiger partial charge on any atom is 0.279 e. The highest BCUT2D eigenvalue weighted by Gasteiger charge is 2.16. The lowest BCUT2D eigenvalue weighted by molar-refractivity contribution is -0.114. The first-order valence-corrected chi connectivity index (χ1v) is 6.43. The Kier molecular flexibility index (Phi) is 4.82. The number of para-hydroxylation sites is 2. The van der Waals surface area contributed by atoms with Crippen LogP contribution in [-0.2, 0) is 9.59 Å². The molecule has 0 aliphatic heterocycles. The van der Waals surface area contributed by atoms with E-state index in [1.807, 2.05) is 24.3 Å². The summed E-state index contributed by atoms with van der Waals surface area (Å²) >= 11 is 0. The quantitative estimate of drug-likeness (QED) is 0.503. The molecule has 0 unspecified atom stereocenters. The summed E-state index contributed by atoms with van der Waals surface area (Å²) in [7, 11) is 0. The van der Waals surface area contributed by atoms with Crippen molar-refractivity contribution in [2.75, 3.05) is 10.7 Å². The number of nitrogens with zero attached hydrogens (tertiary/aromatic N) is 1. The van der Waals surface area contributed by atoms with Gasteiger partial charge in [-0.15, -0.1) is 0 Å². The molecule has 0 saturated heterocycles. The van der Waals surface area contributed by atoms with Crippen molar-refractivity contribution in [2.45, 2.75) is 6.92 Å². The van der Waals surface area contributed by atoms with Crippen LogP contribution in [0.2, 0.25) is 0 Å². The van der Waals surface area contributed by atoms with Crippen LogP contribution in [0.1, 0.15) is 6.92 Å². The van der Waals surface area contributed by atoms with Crippen molar-refractivity contribution in [1.82, 2.24) is 0 Å². The number of benzene rings is 2. The van der Waals surface area contributed by atoms with Gasteiger partial charge in [0.1, 0.15) is 0 Å². The molecular weight excluding hydrogens is 266 g/mol. The number of anilines is 2. The Morgan fingerprint density at radius 3 is 1.90 bits per heavy atom. The van der Waals surface area contributed by atoms with E-state index in [1.54, 1.807) is 36.4 Å². The Morgan fingerprint density at radius 2 is 1.38 bits per heavy atom. The van der Waals surface area contributed by atoms with E-state index in [2.05, 4.69) is 15.8 Å². The van der Waals surface area contributed by atoms with Gasteiger partial charge in [-0.2, -0.15) is 5.10 Å². The Labute approximate surface area is 122 Å². The van der Waals surface area contributed by atoms with Gasteiger partial charge in [0.2, 0.25) is 0 Å². The number of rotatable bonds is 5. The van der Waals surface area contributed by atoms with Crippen molar-refractivity contribution in [3.63, 3.8) is 0 Å². The van der Waals surface area contributed by atoms with E-state index in [-0.39, 0.29) is 5.71 Å². The summed E-state index contributed by atoms with van der Waals surface area (Å²) in [5.41, 5.74) is 3.83. The Bertz CT molecular complexity index is 652. The zero-order valence-corrected chi connectivity index (χ0v) is 11.5. The van der Waals surface area contributed by atoms with E-state index < -0.39 is 11.7 Å². The number of carbonyl (C=O) groups excluding carboxylic acids is 2. The van der Waals surface area contributed by atoms with Gasteiger partial charge in [-0.3, -0.25) is 15.0 Å². The van der Waals surface area contributed by atoms with Crippen LogP contribution >= 0.6 is 0 Å². The lowest BCUT2D eigenvalue weighted by Gasteiger charge is -2.06. The fraction of sp³-hybridized carbons (Fsp3) is 0.0625. The lowest BCUT2D eigenvalue weighted by Crippen LogP contribution is -2.29. The molecule has 0 atom stereocenters. The van der Waals surface area contributed by atoms with Crippen LogP contribution < -0.4 is 10.7 Å². The molecule has 0 radical (unpaired) electrons. The molecule has 2 aromatic carbocycles. The number of hydrazone groups is 1. The van der Waals surface area contributed by atoms with Crippen molar-refractivity contribution in [3.05, 3.63) is 60.7 Å². The average Bonchev–Trinajstić information content (AvgIpc) is 2.49. The van der Waals surface area contributed by atoms with E-state index in [1.165, 1.54) is 6.92 Å². The van der Waals surface area contributed by atoms with Crippen LogP contribution in [0.4, 0.5) is 11.4 Å². The van der Waals surface area contributed by atoms with Crippen LogP contribution in [0.5, 0.6) is 0 Å². The molecule has 1 amide bonds. The van der Waals surface area contributed by atoms with Crippen molar-refractivity contribution in [3.8, 4) is 0 Å². The maximum absolute atomic E-state index is 12.1. The number of hydrogen-bond donors (Lipinski definition) is 2. The lowest BCUT2D eigenvalue weighted by atomic mass is 10.2. The Hall–Kier alpha value is -2.95. The van der Waals surface area contributed by atoms with Crippen LogP contribution in [0.15, 0.2) is 65.8 Å². The van der Waals surface area contributed by atoms with E-state index in [0.29, 0.717) is 11.4 Å². The van der Waals surface area contributed by atoms with E-state index in [0.717, 1.165) is 0 Å². The minimum Gasteiger partial charge on any atom is -0.320 e. The molecule has 0 saturated carbocycles. The average molecular weight is 281 g/mol. The molecule has 0 fully saturated rings. The van der Waals surface area contributed by atoms with Gasteiger partial charge >= 0.3 is 0 Å². The first-order chi connectivity index (χ1) is 10.2. The molecule has 5 nitrogen and oxygen atoms in total. The smallest absolute Gasteiger partial charge is 0.279 e. The third kappa shape index (κ3) is 4.28. The number of hydrogen-bond acceptors (Lipinski definition) is 4. The minimum atomic E-state index is -0.544. The normalized spacial score (nSPS) is 10.8. The van der Waals surface area contributed by atoms with Crippen LogP contribution in [-0.4, -0.2) is 17.4 Å². The van der Waals surface area contributed by atoms with Gasteiger partial charge < -0.3 is 5.32 Å². The highest BCUT2D eigenvalue weighted by atomic mass is 16.2. The second-order valence-electron chi connectivity index (χ2n) is 4.31. The summed E-state index contributed by atoms with van der Waals surface area (Å²) < 4.78 is 0. The molecule has 0 bridgehead atoms. The van der Waals surface area contributed by atoms with Crippen molar-refractivity contribution in [1.29, 1.82) is 0 Å². The first-order valence-electron chi connectivity index (χ1n) is 6.43. The standard InChI is InChI=1S/C16H15N3O2/c1-12(20)15(19-18-14-10-6-3-7-11-14)16(21)17-13-8-4-2-5-9-13/h2-11,18H,1H3,(H,17,21)/b19-15-. The minimum absolute atomic E-state index is 0.178. The molecule has 0 aliphatic carbocycles. The van der Waals surface area contributed by atoms with E-state index >= 15 is 0 Å². The van der Waals surface area contributed by atoms with Crippen LogP contribution in [0, 0.1) is 0 Å². The topological polar surface area (TPSA) is 70.6 Å². The van der Waals surface area contributed by atoms with Gasteiger partial charge in [0, 0.05) is 12.6 Å². The zero-order valence-electron chi connectivity index (χ0n) is 11.5. The maximum atomic E-state index is 12.1. The van der Waals surface area contributed by atoms with Gasteiger partial charge in [0.05, 0.1) is 5.69 Å². The molecular formula is C16H15N3O2. The van der Waals surface area contributed by atoms with Gasteiger partial charge in [-0.25, -0.2) is 0 Å². The molecule has 2 aromatic rings. The Morgan fingerprint density at radius 1 is 0.857 bits per heavy atom. The second kappa shape index (κ2) is 7.00. The van der Waals surface area contributed by atoms with Crippen LogP contribution in [0.3, 0.4) is 0 Å². The number of amides is 1. The molecule has 0 aromatic heterocycles. The third-order valence-electron chi connectivity index (χ3n) is 2.65. The van der Waals surface area contributed by atoms with Crippen molar-refractivity contribution >= 4 is 28.8 Å². The third-order valence-corrected chi connectivity index (χ3v) is 2.65. The molecule has 2 rings (SSSR count). The second-order valence-corrected chi connectivity index (χ2v) is 4.31. The van der Waals surface area contributed by atoms with E-state index in [9.17, 15) is 9.59 Å². The summed E-state index contributed by atoms with van der Waals surface area (Å²) in [6, 6.07) is 18.0. The van der Waals surface area contributed by atoms with Crippen molar-refractivity contribution < 1.29 is 9.59 Å². The summed E-state index contributed by atoms with van der Waals surface area (Å²) in [4.78, 5) is 23.6. The van der Waals surface area contributed by atoms with Gasteiger partial charge in [-0.1, -0.05) is 36.4 Å². The number of carbonyl (C=O) groups is 2. The SMILES string of the molecule is CC(=O)/C(=N/Nc1ccccc1)C(=O)Nc1ccccc1. The van der Waals surface area contributed by atoms with Gasteiger partial charge in [-0.05, 0) is 24.3 Å².